The molecule has 1 unspecified atom stereocenters. The maximum Gasteiger partial charge on any atom is 0.0917 e. The molecule has 3 rings (SSSR count). The van der Waals surface area contributed by atoms with Gasteiger partial charge in [0.15, 0.2) is 0 Å². The summed E-state index contributed by atoms with van der Waals surface area (Å²) >= 11 is 1.63. The molecule has 18 heavy (non-hydrogen) atoms. The number of benzene rings is 1. The van der Waals surface area contributed by atoms with Crippen LogP contribution in [-0.4, -0.2) is 34.6 Å². The van der Waals surface area contributed by atoms with Crippen LogP contribution in [0.1, 0.15) is 30.9 Å². The molecule has 0 radical (unpaired) electrons. The van der Waals surface area contributed by atoms with Gasteiger partial charge in [-0.25, -0.2) is 4.98 Å². The lowest BCUT2D eigenvalue weighted by Gasteiger charge is -2.28. The number of aromatic nitrogens is 1. The van der Waals surface area contributed by atoms with Crippen molar-refractivity contribution in [3.8, 4) is 0 Å². The molecule has 2 aromatic rings. The third-order valence-corrected chi connectivity index (χ3v) is 4.41. The molecule has 0 bridgehead atoms. The Labute approximate surface area is 111 Å². The number of fused-ring (bicyclic) bond motifs is 1. The fourth-order valence-corrected chi connectivity index (χ4v) is 3.30. The monoisotopic (exact) mass is 262 g/mol. The lowest BCUT2D eigenvalue weighted by molar-refractivity contribution is 0.102. The van der Waals surface area contributed by atoms with Gasteiger partial charge >= 0.3 is 0 Å². The Morgan fingerprint density at radius 3 is 2.94 bits per heavy atom. The van der Waals surface area contributed by atoms with E-state index < -0.39 is 0 Å². The number of aliphatic hydroxyl groups excluding tert-OH is 1. The lowest BCUT2D eigenvalue weighted by atomic mass is 10.1. The zero-order valence-corrected chi connectivity index (χ0v) is 11.2. The van der Waals surface area contributed by atoms with Crippen molar-refractivity contribution in [2.75, 3.05) is 19.6 Å². The van der Waals surface area contributed by atoms with E-state index in [-0.39, 0.29) is 6.10 Å². The summed E-state index contributed by atoms with van der Waals surface area (Å²) in [6.45, 7) is 3.00. The largest absolute Gasteiger partial charge is 0.387 e. The van der Waals surface area contributed by atoms with Gasteiger partial charge in [-0.2, -0.15) is 0 Å². The summed E-state index contributed by atoms with van der Waals surface area (Å²) in [5.74, 6) is 0. The topological polar surface area (TPSA) is 36.4 Å². The lowest BCUT2D eigenvalue weighted by Crippen LogP contribution is -2.33. The summed E-state index contributed by atoms with van der Waals surface area (Å²) in [7, 11) is 0. The zero-order chi connectivity index (χ0) is 12.4. The normalized spacial score (nSPS) is 19.2. The van der Waals surface area contributed by atoms with Crippen LogP contribution < -0.4 is 0 Å². The highest BCUT2D eigenvalue weighted by Gasteiger charge is 2.16. The summed E-state index contributed by atoms with van der Waals surface area (Å²) in [5.41, 5.74) is 3.89. The standard InChI is InChI=1S/C14H18N2OS/c17-13(9-16-6-2-1-3-7-16)11-4-5-12-14(8-11)18-10-15-12/h4-5,8,10,13,17H,1-3,6-7,9H2. The van der Waals surface area contributed by atoms with Gasteiger partial charge in [0.05, 0.1) is 21.8 Å². The Morgan fingerprint density at radius 1 is 1.28 bits per heavy atom. The zero-order valence-electron chi connectivity index (χ0n) is 10.4. The Morgan fingerprint density at radius 2 is 2.11 bits per heavy atom. The van der Waals surface area contributed by atoms with E-state index in [0.29, 0.717) is 0 Å². The van der Waals surface area contributed by atoms with Gasteiger partial charge in [-0.05, 0) is 43.6 Å². The SMILES string of the molecule is OC(CN1CCCCC1)c1ccc2ncsc2c1. The van der Waals surface area contributed by atoms with Gasteiger partial charge in [0, 0.05) is 6.54 Å². The second-order valence-electron chi connectivity index (χ2n) is 4.96. The first-order valence-corrected chi connectivity index (χ1v) is 7.44. The van der Waals surface area contributed by atoms with Crippen LogP contribution in [0, 0.1) is 0 Å². The first-order valence-electron chi connectivity index (χ1n) is 6.56. The molecule has 0 spiro atoms. The number of likely N-dealkylation sites (tertiary alicyclic amines) is 1. The number of nitrogens with zero attached hydrogens (tertiary/aromatic N) is 2. The average molecular weight is 262 g/mol. The van der Waals surface area contributed by atoms with Crippen LogP contribution in [0.3, 0.4) is 0 Å². The van der Waals surface area contributed by atoms with E-state index >= 15 is 0 Å². The van der Waals surface area contributed by atoms with E-state index in [1.165, 1.54) is 19.3 Å². The molecule has 1 aromatic carbocycles. The molecule has 1 aliphatic rings. The van der Waals surface area contributed by atoms with Crippen LogP contribution in [0.25, 0.3) is 10.2 Å². The van der Waals surface area contributed by atoms with Crippen molar-refractivity contribution in [2.24, 2.45) is 0 Å². The van der Waals surface area contributed by atoms with Gasteiger partial charge in [-0.15, -0.1) is 11.3 Å². The van der Waals surface area contributed by atoms with Crippen molar-refractivity contribution in [1.29, 1.82) is 0 Å². The first-order chi connectivity index (χ1) is 8.83. The van der Waals surface area contributed by atoms with Crippen molar-refractivity contribution in [3.63, 3.8) is 0 Å². The quantitative estimate of drug-likeness (QED) is 0.924. The van der Waals surface area contributed by atoms with Gasteiger partial charge in [0.25, 0.3) is 0 Å². The van der Waals surface area contributed by atoms with Crippen LogP contribution >= 0.6 is 11.3 Å². The molecule has 4 heteroatoms. The van der Waals surface area contributed by atoms with Gasteiger partial charge in [-0.3, -0.25) is 0 Å². The minimum Gasteiger partial charge on any atom is -0.387 e. The Kier molecular flexibility index (Phi) is 3.59. The molecule has 1 aliphatic heterocycles. The van der Waals surface area contributed by atoms with Crippen LogP contribution in [0.15, 0.2) is 23.7 Å². The van der Waals surface area contributed by atoms with Crippen molar-refractivity contribution in [2.45, 2.75) is 25.4 Å². The van der Waals surface area contributed by atoms with E-state index in [9.17, 15) is 5.11 Å². The summed E-state index contributed by atoms with van der Waals surface area (Å²) in [5, 5.41) is 10.3. The third-order valence-electron chi connectivity index (χ3n) is 3.62. The molecule has 3 nitrogen and oxygen atoms in total. The van der Waals surface area contributed by atoms with E-state index in [0.717, 1.165) is 35.4 Å². The molecule has 2 heterocycles. The van der Waals surface area contributed by atoms with Crippen LogP contribution in [0.2, 0.25) is 0 Å². The smallest absolute Gasteiger partial charge is 0.0917 e. The van der Waals surface area contributed by atoms with E-state index in [1.807, 2.05) is 17.6 Å². The number of thiazole rings is 1. The highest BCUT2D eigenvalue weighted by molar-refractivity contribution is 7.16. The molecule has 96 valence electrons. The second-order valence-corrected chi connectivity index (χ2v) is 5.84. The van der Waals surface area contributed by atoms with Crippen molar-refractivity contribution in [1.82, 2.24) is 9.88 Å². The molecule has 0 saturated carbocycles. The minimum atomic E-state index is -0.380. The predicted molar refractivity (Wildman–Crippen MR) is 74.9 cm³/mol. The van der Waals surface area contributed by atoms with Gasteiger partial charge in [0.1, 0.15) is 0 Å². The fourth-order valence-electron chi connectivity index (χ4n) is 2.57. The maximum absolute atomic E-state index is 10.3. The number of β-amino-alcohol motifs (C(OH)–C–C–N with tert-alkyl or cyclic N) is 1. The van der Waals surface area contributed by atoms with Gasteiger partial charge in [0.2, 0.25) is 0 Å². The molecule has 1 atom stereocenters. The van der Waals surface area contributed by atoms with Crippen LogP contribution in [0.5, 0.6) is 0 Å². The molecular formula is C14H18N2OS. The van der Waals surface area contributed by atoms with Crippen LogP contribution in [0.4, 0.5) is 0 Å². The summed E-state index contributed by atoms with van der Waals surface area (Å²) in [6, 6.07) is 6.07. The minimum absolute atomic E-state index is 0.380. The molecule has 1 saturated heterocycles. The highest BCUT2D eigenvalue weighted by atomic mass is 32.1. The summed E-state index contributed by atoms with van der Waals surface area (Å²) in [6.07, 6.45) is 3.48. The van der Waals surface area contributed by atoms with E-state index in [2.05, 4.69) is 16.0 Å². The Balaban J connectivity index is 1.72. The summed E-state index contributed by atoms with van der Waals surface area (Å²) in [4.78, 5) is 6.63. The predicted octanol–water partition coefficient (Wildman–Crippen LogP) is 2.82. The maximum atomic E-state index is 10.3. The number of aliphatic hydroxyl groups is 1. The first kappa shape index (κ1) is 12.1. The molecule has 0 amide bonds. The number of hydrogen-bond acceptors (Lipinski definition) is 4. The van der Waals surface area contributed by atoms with Gasteiger partial charge < -0.3 is 10.0 Å². The average Bonchev–Trinajstić information content (AvgIpc) is 2.87. The summed E-state index contributed by atoms with van der Waals surface area (Å²) < 4.78 is 1.16. The van der Waals surface area contributed by atoms with Crippen molar-refractivity contribution >= 4 is 21.6 Å². The molecular weight excluding hydrogens is 244 g/mol. The molecule has 1 aromatic heterocycles. The highest BCUT2D eigenvalue weighted by Crippen LogP contribution is 2.24. The number of hydrogen-bond donors (Lipinski definition) is 1. The molecule has 1 fully saturated rings. The Hall–Kier alpha value is -0.970. The molecule has 0 aliphatic carbocycles. The van der Waals surface area contributed by atoms with Crippen molar-refractivity contribution in [3.05, 3.63) is 29.3 Å². The fraction of sp³-hybridized carbons (Fsp3) is 0.500. The number of piperidine rings is 1. The molecule has 1 N–H and O–H groups in total. The Bertz CT molecular complexity index is 519. The van der Waals surface area contributed by atoms with Crippen molar-refractivity contribution < 1.29 is 5.11 Å². The van der Waals surface area contributed by atoms with Crippen LogP contribution in [-0.2, 0) is 0 Å². The van der Waals surface area contributed by atoms with Gasteiger partial charge in [-0.1, -0.05) is 12.5 Å². The van der Waals surface area contributed by atoms with E-state index in [4.69, 9.17) is 0 Å². The second kappa shape index (κ2) is 5.34. The third kappa shape index (κ3) is 2.55. The number of rotatable bonds is 3. The van der Waals surface area contributed by atoms with E-state index in [1.54, 1.807) is 11.3 Å².